The number of nitrogens with zero attached hydrogens (tertiary/aromatic N) is 3. The Morgan fingerprint density at radius 2 is 1.86 bits per heavy atom. The number of aromatic hydroxyl groups is 1. The Kier molecular flexibility index (Phi) is 7.10. The Hall–Kier alpha value is -3.03. The van der Waals surface area contributed by atoms with E-state index in [1.807, 2.05) is 48.5 Å². The van der Waals surface area contributed by atoms with Crippen LogP contribution in [0, 0.1) is 6.92 Å². The molecule has 1 aromatic heterocycles. The maximum Gasteiger partial charge on any atom is 0.145 e. The number of hydrogen-bond acceptors (Lipinski definition) is 6. The molecule has 0 saturated heterocycles. The lowest BCUT2D eigenvalue weighted by atomic mass is 10.1. The number of aliphatic hydroxyl groups excluding tert-OH is 1. The van der Waals surface area contributed by atoms with Crippen LogP contribution < -0.4 is 4.74 Å². The van der Waals surface area contributed by atoms with Gasteiger partial charge in [0, 0.05) is 27.4 Å². The molecular formula is C22H20BrN3O3. The van der Waals surface area contributed by atoms with Gasteiger partial charge in [-0.05, 0) is 30.7 Å². The third-order valence-corrected chi connectivity index (χ3v) is 4.68. The van der Waals surface area contributed by atoms with E-state index in [9.17, 15) is 10.2 Å². The summed E-state index contributed by atoms with van der Waals surface area (Å²) in [5, 5.41) is 27.6. The quantitative estimate of drug-likeness (QED) is 0.410. The topological polar surface area (TPSA) is 87.3 Å². The van der Waals surface area contributed by atoms with E-state index >= 15 is 0 Å². The van der Waals surface area contributed by atoms with E-state index in [4.69, 9.17) is 4.74 Å². The van der Waals surface area contributed by atoms with Gasteiger partial charge in [0.05, 0.1) is 24.7 Å². The average molecular weight is 454 g/mol. The van der Waals surface area contributed by atoms with Crippen LogP contribution in [-0.2, 0) is 13.2 Å². The molecule has 148 valence electrons. The molecule has 0 radical (unpaired) electrons. The van der Waals surface area contributed by atoms with Crippen LogP contribution in [0.5, 0.6) is 11.5 Å². The van der Waals surface area contributed by atoms with E-state index in [0.29, 0.717) is 29.2 Å². The SMILES string of the molecule is Cc1ncc(CO)c(/C=N/N=C\c2cc(Br)ccc2OCc2ccccc2)c1O. The number of ether oxygens (including phenoxy) is 1. The number of halogens is 1. The van der Waals surface area contributed by atoms with Crippen LogP contribution in [0.1, 0.15) is 27.9 Å². The van der Waals surface area contributed by atoms with Crippen LogP contribution in [0.2, 0.25) is 0 Å². The normalized spacial score (nSPS) is 11.4. The zero-order valence-corrected chi connectivity index (χ0v) is 17.4. The molecule has 0 unspecified atom stereocenters. The fourth-order valence-electron chi connectivity index (χ4n) is 2.60. The molecule has 3 aromatic rings. The minimum Gasteiger partial charge on any atom is -0.505 e. The van der Waals surface area contributed by atoms with Crippen molar-refractivity contribution in [3.8, 4) is 11.5 Å². The number of aryl methyl sites for hydroxylation is 1. The molecule has 3 rings (SSSR count). The average Bonchev–Trinajstić information content (AvgIpc) is 2.74. The van der Waals surface area contributed by atoms with Crippen molar-refractivity contribution < 1.29 is 14.9 Å². The molecule has 0 aliphatic heterocycles. The second-order valence-electron chi connectivity index (χ2n) is 6.23. The molecule has 2 N–H and O–H groups in total. The van der Waals surface area contributed by atoms with Crippen molar-refractivity contribution in [3.63, 3.8) is 0 Å². The lowest BCUT2D eigenvalue weighted by Gasteiger charge is -2.09. The third kappa shape index (κ3) is 5.49. The highest BCUT2D eigenvalue weighted by Crippen LogP contribution is 2.24. The predicted molar refractivity (Wildman–Crippen MR) is 117 cm³/mol. The molecule has 7 heteroatoms. The first-order valence-electron chi connectivity index (χ1n) is 8.89. The molecule has 6 nitrogen and oxygen atoms in total. The van der Waals surface area contributed by atoms with E-state index in [-0.39, 0.29) is 12.4 Å². The first kappa shape index (κ1) is 20.7. The Labute approximate surface area is 177 Å². The maximum absolute atomic E-state index is 10.1. The van der Waals surface area contributed by atoms with Gasteiger partial charge in [-0.25, -0.2) is 0 Å². The summed E-state index contributed by atoms with van der Waals surface area (Å²) in [7, 11) is 0. The molecule has 0 saturated carbocycles. The molecule has 0 aliphatic rings. The molecule has 2 aromatic carbocycles. The fraction of sp³-hybridized carbons (Fsp3) is 0.136. The predicted octanol–water partition coefficient (Wildman–Crippen LogP) is 4.38. The van der Waals surface area contributed by atoms with E-state index in [2.05, 4.69) is 31.1 Å². The minimum absolute atomic E-state index is 0.0233. The summed E-state index contributed by atoms with van der Waals surface area (Å²) in [6, 6.07) is 15.5. The third-order valence-electron chi connectivity index (χ3n) is 4.19. The number of aliphatic hydroxyl groups is 1. The van der Waals surface area contributed by atoms with Crippen molar-refractivity contribution in [2.24, 2.45) is 10.2 Å². The molecule has 0 atom stereocenters. The van der Waals surface area contributed by atoms with Crippen molar-refractivity contribution in [2.75, 3.05) is 0 Å². The summed E-state index contributed by atoms with van der Waals surface area (Å²) in [5.41, 5.74) is 3.14. The molecule has 0 fully saturated rings. The van der Waals surface area contributed by atoms with Gasteiger partial charge in [0.2, 0.25) is 0 Å². The Morgan fingerprint density at radius 3 is 2.62 bits per heavy atom. The number of pyridine rings is 1. The fourth-order valence-corrected chi connectivity index (χ4v) is 2.97. The highest BCUT2D eigenvalue weighted by Gasteiger charge is 2.09. The van der Waals surface area contributed by atoms with E-state index < -0.39 is 0 Å². The van der Waals surface area contributed by atoms with Crippen LogP contribution in [-0.4, -0.2) is 27.6 Å². The lowest BCUT2D eigenvalue weighted by Crippen LogP contribution is -1.98. The summed E-state index contributed by atoms with van der Waals surface area (Å²) in [6.07, 6.45) is 4.48. The van der Waals surface area contributed by atoms with Crippen LogP contribution in [0.25, 0.3) is 0 Å². The van der Waals surface area contributed by atoms with Gasteiger partial charge in [-0.2, -0.15) is 10.2 Å². The standard InChI is InChI=1S/C22H20BrN3O3/c1-15-22(28)20(18(13-27)10-24-15)12-26-25-11-17-9-19(23)7-8-21(17)29-14-16-5-3-2-4-6-16/h2-12,27-28H,13-14H2,1H3/b25-11-,26-12+. The van der Waals surface area contributed by atoms with Crippen LogP contribution in [0.15, 0.2) is 69.4 Å². The maximum atomic E-state index is 10.1. The van der Waals surface area contributed by atoms with Crippen molar-refractivity contribution in [1.29, 1.82) is 0 Å². The van der Waals surface area contributed by atoms with Gasteiger partial charge in [0.1, 0.15) is 18.1 Å². The van der Waals surface area contributed by atoms with Crippen molar-refractivity contribution >= 4 is 28.4 Å². The Bertz CT molecular complexity index is 1040. The van der Waals surface area contributed by atoms with E-state index in [1.54, 1.807) is 13.1 Å². The van der Waals surface area contributed by atoms with E-state index in [1.165, 1.54) is 12.4 Å². The molecular weight excluding hydrogens is 434 g/mol. The van der Waals surface area contributed by atoms with Gasteiger partial charge < -0.3 is 14.9 Å². The smallest absolute Gasteiger partial charge is 0.145 e. The molecule has 1 heterocycles. The zero-order valence-electron chi connectivity index (χ0n) is 15.8. The van der Waals surface area contributed by atoms with Crippen molar-refractivity contribution in [2.45, 2.75) is 20.1 Å². The Morgan fingerprint density at radius 1 is 1.10 bits per heavy atom. The van der Waals surface area contributed by atoms with Gasteiger partial charge in [-0.1, -0.05) is 46.3 Å². The van der Waals surface area contributed by atoms with Gasteiger partial charge in [0.25, 0.3) is 0 Å². The van der Waals surface area contributed by atoms with Crippen LogP contribution in [0.3, 0.4) is 0 Å². The van der Waals surface area contributed by atoms with Crippen molar-refractivity contribution in [3.05, 3.63) is 87.1 Å². The number of benzene rings is 2. The summed E-state index contributed by atoms with van der Waals surface area (Å²) in [4.78, 5) is 4.02. The van der Waals surface area contributed by atoms with Gasteiger partial charge in [0.15, 0.2) is 0 Å². The molecule has 0 amide bonds. The molecule has 29 heavy (non-hydrogen) atoms. The second kappa shape index (κ2) is 9.95. The van der Waals surface area contributed by atoms with Gasteiger partial charge in [-0.3, -0.25) is 4.98 Å². The van der Waals surface area contributed by atoms with Crippen molar-refractivity contribution in [1.82, 2.24) is 4.98 Å². The number of hydrogen-bond donors (Lipinski definition) is 2. The van der Waals surface area contributed by atoms with E-state index in [0.717, 1.165) is 15.6 Å². The number of rotatable bonds is 7. The summed E-state index contributed by atoms with van der Waals surface area (Å²) >= 11 is 3.45. The molecule has 0 aliphatic carbocycles. The van der Waals surface area contributed by atoms with Gasteiger partial charge >= 0.3 is 0 Å². The minimum atomic E-state index is -0.255. The summed E-state index contributed by atoms with van der Waals surface area (Å²) in [6.45, 7) is 1.86. The zero-order chi connectivity index (χ0) is 20.6. The lowest BCUT2D eigenvalue weighted by molar-refractivity contribution is 0.280. The van der Waals surface area contributed by atoms with Crippen LogP contribution in [0.4, 0.5) is 0 Å². The summed E-state index contributed by atoms with van der Waals surface area (Å²) in [5.74, 6) is 0.652. The highest BCUT2D eigenvalue weighted by atomic mass is 79.9. The molecule has 0 spiro atoms. The summed E-state index contributed by atoms with van der Waals surface area (Å²) < 4.78 is 6.81. The number of aromatic nitrogens is 1. The largest absolute Gasteiger partial charge is 0.505 e. The molecule has 0 bridgehead atoms. The van der Waals surface area contributed by atoms with Gasteiger partial charge in [-0.15, -0.1) is 0 Å². The first-order chi connectivity index (χ1) is 14.1. The highest BCUT2D eigenvalue weighted by molar-refractivity contribution is 9.10. The van der Waals surface area contributed by atoms with Crippen LogP contribution >= 0.6 is 15.9 Å². The first-order valence-corrected chi connectivity index (χ1v) is 9.68. The monoisotopic (exact) mass is 453 g/mol. The second-order valence-corrected chi connectivity index (χ2v) is 7.15. The Balaban J connectivity index is 1.78.